The second kappa shape index (κ2) is 19.0. The van der Waals surface area contributed by atoms with Gasteiger partial charge in [0, 0.05) is 45.7 Å². The van der Waals surface area contributed by atoms with Crippen LogP contribution in [0.2, 0.25) is 0 Å². The zero-order valence-electron chi connectivity index (χ0n) is 34.6. The number of ether oxygens (including phenoxy) is 2. The summed E-state index contributed by atoms with van der Waals surface area (Å²) in [6.45, 7) is 10.7. The van der Waals surface area contributed by atoms with E-state index in [-0.39, 0.29) is 65.8 Å². The summed E-state index contributed by atoms with van der Waals surface area (Å²) in [5.74, 6) is -0.948. The number of hydrogen-bond acceptors (Lipinski definition) is 9. The number of rotatable bonds is 19. The van der Waals surface area contributed by atoms with E-state index in [1.54, 1.807) is 32.7 Å². The van der Waals surface area contributed by atoms with Crippen molar-refractivity contribution in [3.63, 3.8) is 0 Å². The van der Waals surface area contributed by atoms with Gasteiger partial charge in [0.05, 0.1) is 54.6 Å². The molecule has 2 bridgehead atoms. The molecule has 13 nitrogen and oxygen atoms in total. The van der Waals surface area contributed by atoms with Gasteiger partial charge in [-0.3, -0.25) is 24.5 Å². The van der Waals surface area contributed by atoms with Crippen LogP contribution in [0, 0.1) is 29.6 Å². The van der Waals surface area contributed by atoms with Crippen LogP contribution in [0.4, 0.5) is 0 Å². The molecule has 2 aliphatic heterocycles. The van der Waals surface area contributed by atoms with Gasteiger partial charge < -0.3 is 30.3 Å². The molecule has 3 heterocycles. The van der Waals surface area contributed by atoms with Gasteiger partial charge in [0.15, 0.2) is 5.82 Å². The number of primary amides is 1. The maximum Gasteiger partial charge on any atom is 0.234 e. The highest BCUT2D eigenvalue weighted by atomic mass is 16.5. The number of piperidine rings is 1. The minimum atomic E-state index is -0.587. The fraction of sp³-hybridized carbons (Fsp3) is 0.674. The number of benzene rings is 1. The number of carbonyl (C=O) groups is 4. The molecule has 3 unspecified atom stereocenters. The molecule has 308 valence electrons. The monoisotopic (exact) mass is 775 g/mol. The van der Waals surface area contributed by atoms with E-state index < -0.39 is 35.7 Å². The number of nitrogens with two attached hydrogens (primary N) is 1. The van der Waals surface area contributed by atoms with Crippen molar-refractivity contribution in [1.82, 2.24) is 30.4 Å². The summed E-state index contributed by atoms with van der Waals surface area (Å²) in [5.41, 5.74) is 6.31. The molecule has 3 aliphatic rings. The number of likely N-dealkylation sites (tertiary alicyclic amines) is 1. The molecule has 56 heavy (non-hydrogen) atoms. The normalized spacial score (nSPS) is 25.6. The van der Waals surface area contributed by atoms with Crippen LogP contribution < -0.4 is 16.4 Å². The Balaban J connectivity index is 1.31. The summed E-state index contributed by atoms with van der Waals surface area (Å²) in [6.07, 6.45) is 7.46. The van der Waals surface area contributed by atoms with Crippen molar-refractivity contribution in [2.75, 3.05) is 27.8 Å². The molecule has 2 saturated heterocycles. The third kappa shape index (κ3) is 9.26. The predicted molar refractivity (Wildman–Crippen MR) is 214 cm³/mol. The van der Waals surface area contributed by atoms with E-state index in [2.05, 4.69) is 48.3 Å². The first-order valence-corrected chi connectivity index (χ1v) is 20.6. The van der Waals surface area contributed by atoms with Crippen molar-refractivity contribution in [1.29, 1.82) is 0 Å². The average Bonchev–Trinajstić information content (AvgIpc) is 3.94. The summed E-state index contributed by atoms with van der Waals surface area (Å²) in [7, 11) is 5.03. The number of nitrogens with zero attached hydrogens (tertiary/aromatic N) is 4. The molecule has 1 aromatic carbocycles. The van der Waals surface area contributed by atoms with E-state index in [0.717, 1.165) is 37.7 Å². The molecule has 1 aromatic heterocycles. The Labute approximate surface area is 333 Å². The van der Waals surface area contributed by atoms with Gasteiger partial charge in [-0.15, -0.1) is 0 Å². The topological polar surface area (TPSA) is 169 Å². The number of aromatic nitrogens is 2. The lowest BCUT2D eigenvalue weighted by Gasteiger charge is -2.45. The Kier molecular flexibility index (Phi) is 14.7. The first-order valence-electron chi connectivity index (χ1n) is 20.6. The van der Waals surface area contributed by atoms with Crippen molar-refractivity contribution < 1.29 is 28.7 Å². The molecule has 0 spiro atoms. The van der Waals surface area contributed by atoms with Crippen LogP contribution in [0.25, 0.3) is 0 Å². The van der Waals surface area contributed by atoms with Crippen molar-refractivity contribution in [2.24, 2.45) is 35.3 Å². The largest absolute Gasteiger partial charge is 0.379 e. The Morgan fingerprint density at radius 3 is 2.32 bits per heavy atom. The Bertz CT molecular complexity index is 1630. The number of carbonyl (C=O) groups excluding carboxylic acids is 4. The van der Waals surface area contributed by atoms with Gasteiger partial charge in [0.2, 0.25) is 23.6 Å². The van der Waals surface area contributed by atoms with Crippen LogP contribution in [0.1, 0.15) is 97.0 Å². The van der Waals surface area contributed by atoms with E-state index in [9.17, 15) is 19.2 Å². The fourth-order valence-corrected chi connectivity index (χ4v) is 10.2. The summed E-state index contributed by atoms with van der Waals surface area (Å²) in [4.78, 5) is 67.9. The van der Waals surface area contributed by atoms with E-state index in [1.807, 2.05) is 54.1 Å². The van der Waals surface area contributed by atoms with Crippen molar-refractivity contribution in [2.45, 2.75) is 128 Å². The fourth-order valence-electron chi connectivity index (χ4n) is 10.2. The van der Waals surface area contributed by atoms with Crippen LogP contribution in [-0.2, 0) is 35.1 Å². The Morgan fingerprint density at radius 1 is 1.04 bits per heavy atom. The Hall–Kier alpha value is -3.94. The van der Waals surface area contributed by atoms with Crippen LogP contribution in [0.15, 0.2) is 48.8 Å². The highest BCUT2D eigenvalue weighted by Crippen LogP contribution is 2.50. The van der Waals surface area contributed by atoms with E-state index in [1.165, 1.54) is 0 Å². The summed E-state index contributed by atoms with van der Waals surface area (Å²) in [6, 6.07) is 10.1. The maximum absolute atomic E-state index is 14.7. The summed E-state index contributed by atoms with van der Waals surface area (Å²) >= 11 is 0. The lowest BCUT2D eigenvalue weighted by atomic mass is 9.74. The lowest BCUT2D eigenvalue weighted by molar-refractivity contribution is -0.150. The molecule has 11 atom stereocenters. The highest BCUT2D eigenvalue weighted by Gasteiger charge is 2.59. The van der Waals surface area contributed by atoms with Crippen molar-refractivity contribution >= 4 is 23.6 Å². The molecule has 5 rings (SSSR count). The number of hydrogen-bond donors (Lipinski definition) is 3. The van der Waals surface area contributed by atoms with Crippen LogP contribution >= 0.6 is 0 Å². The zero-order valence-corrected chi connectivity index (χ0v) is 34.6. The zero-order chi connectivity index (χ0) is 40.7. The molecule has 3 fully saturated rings. The third-order valence-electron chi connectivity index (χ3n) is 13.1. The maximum atomic E-state index is 14.7. The Morgan fingerprint density at radius 2 is 1.73 bits per heavy atom. The molecule has 1 saturated carbocycles. The highest BCUT2D eigenvalue weighted by molar-refractivity contribution is 5.84. The number of fused-ring (bicyclic) bond motifs is 2. The molecular weight excluding hydrogens is 711 g/mol. The van der Waals surface area contributed by atoms with Gasteiger partial charge in [0.1, 0.15) is 0 Å². The van der Waals surface area contributed by atoms with Gasteiger partial charge >= 0.3 is 0 Å². The smallest absolute Gasteiger partial charge is 0.234 e. The minimum absolute atomic E-state index is 0.00685. The molecule has 13 heteroatoms. The van der Waals surface area contributed by atoms with Crippen molar-refractivity contribution in [3.8, 4) is 0 Å². The molecule has 2 aromatic rings. The first kappa shape index (κ1) is 43.2. The molecule has 1 aliphatic carbocycles. The van der Waals surface area contributed by atoms with E-state index >= 15 is 0 Å². The predicted octanol–water partition coefficient (Wildman–Crippen LogP) is 4.07. The SMILES string of the molecule is CC[C@H](C)[C@@H]([C@@H](CC(=O)N1CCC[C@H]1[C@H](OC)[C@@H](C)C(=O)N[C@H](Cc1ccccc1)c1ncccn1)OC)N(C)C(=O)[C@@H](C(C)C)C12CCC(C1)C(C(N)=O)N2. The number of amides is 4. The number of likely N-dealkylation sites (N-methyl/N-ethyl adjacent to an activating group) is 1. The molecule has 0 radical (unpaired) electrons. The van der Waals surface area contributed by atoms with Crippen LogP contribution in [0.5, 0.6) is 0 Å². The van der Waals surface area contributed by atoms with Crippen LogP contribution in [-0.4, -0.2) is 107 Å². The quantitative estimate of drug-likeness (QED) is 0.191. The lowest BCUT2D eigenvalue weighted by Crippen LogP contribution is -2.61. The minimum Gasteiger partial charge on any atom is -0.379 e. The third-order valence-corrected chi connectivity index (χ3v) is 13.1. The van der Waals surface area contributed by atoms with Gasteiger partial charge in [0.25, 0.3) is 0 Å². The van der Waals surface area contributed by atoms with E-state index in [4.69, 9.17) is 15.2 Å². The summed E-state index contributed by atoms with van der Waals surface area (Å²) in [5, 5.41) is 6.71. The molecule has 4 N–H and O–H groups in total. The van der Waals surface area contributed by atoms with Gasteiger partial charge in [-0.1, -0.05) is 71.4 Å². The second-order valence-electron chi connectivity index (χ2n) is 16.9. The second-order valence-corrected chi connectivity index (χ2v) is 16.9. The summed E-state index contributed by atoms with van der Waals surface area (Å²) < 4.78 is 12.2. The van der Waals surface area contributed by atoms with Gasteiger partial charge in [-0.25, -0.2) is 9.97 Å². The first-order chi connectivity index (χ1) is 26.8. The van der Waals surface area contributed by atoms with Crippen molar-refractivity contribution in [3.05, 3.63) is 60.2 Å². The van der Waals surface area contributed by atoms with Crippen LogP contribution in [0.3, 0.4) is 0 Å². The standard InChI is InChI=1S/C43H65N7O6/c1-9-27(4)37(49(6)42(54)35(26(2)3)43-19-18-30(25-43)36(48-43)39(44)52)33(55-7)24-34(51)50-22-13-17-32(50)38(56-8)28(5)41(53)47-31(40-45-20-14-21-46-40)23-29-15-11-10-12-16-29/h10-12,14-16,20-21,26-28,30-33,35-38,48H,9,13,17-19,22-25H2,1-8H3,(H2,44,52)(H,47,53)/t27-,28+,30?,31+,32-,33+,35+,36?,37-,38+,43?/m0/s1. The average molecular weight is 776 g/mol. The number of methoxy groups -OCH3 is 2. The van der Waals surface area contributed by atoms with E-state index in [0.29, 0.717) is 25.2 Å². The molecule has 4 amide bonds. The number of nitrogens with one attached hydrogen (secondary N) is 2. The van der Waals surface area contributed by atoms with Gasteiger partial charge in [-0.05, 0) is 67.9 Å². The molecular formula is C43H65N7O6. The van der Waals surface area contributed by atoms with Gasteiger partial charge in [-0.2, -0.15) is 0 Å².